The van der Waals surface area contributed by atoms with Crippen molar-refractivity contribution in [1.29, 1.82) is 0 Å². The van der Waals surface area contributed by atoms with Crippen molar-refractivity contribution < 1.29 is 9.90 Å². The maximum absolute atomic E-state index is 11.1. The van der Waals surface area contributed by atoms with Gasteiger partial charge in [0.15, 0.2) is 0 Å². The van der Waals surface area contributed by atoms with Crippen LogP contribution >= 0.6 is 11.6 Å². The average molecular weight is 394 g/mol. The van der Waals surface area contributed by atoms with Gasteiger partial charge < -0.3 is 10.1 Å². The Bertz CT molecular complexity index is 1190. The zero-order valence-electron chi connectivity index (χ0n) is 15.7. The first-order valence-corrected chi connectivity index (χ1v) is 9.41. The van der Waals surface area contributed by atoms with E-state index in [4.69, 9.17) is 16.7 Å². The summed E-state index contributed by atoms with van der Waals surface area (Å²) >= 11 is 6.11. The molecular formula is C22H20ClN3O2. The third-order valence-electron chi connectivity index (χ3n) is 5.07. The normalized spacial score (nSPS) is 11.2. The highest BCUT2D eigenvalue weighted by molar-refractivity contribution is 6.31. The molecule has 0 aliphatic heterocycles. The molecule has 0 saturated carbocycles. The van der Waals surface area contributed by atoms with E-state index in [0.717, 1.165) is 44.7 Å². The van der Waals surface area contributed by atoms with Crippen LogP contribution in [0, 0.1) is 13.8 Å². The molecule has 6 heteroatoms. The smallest absolute Gasteiger partial charge is 0.307 e. The number of benzene rings is 2. The third-order valence-corrected chi connectivity index (χ3v) is 5.31. The summed E-state index contributed by atoms with van der Waals surface area (Å²) in [7, 11) is 0. The summed E-state index contributed by atoms with van der Waals surface area (Å²) in [5, 5.41) is 15.5. The van der Waals surface area contributed by atoms with Crippen LogP contribution in [0.1, 0.15) is 22.5 Å². The molecule has 0 unspecified atom stereocenters. The van der Waals surface area contributed by atoms with Crippen molar-refractivity contribution in [3.05, 3.63) is 76.1 Å². The van der Waals surface area contributed by atoms with Crippen molar-refractivity contribution in [2.75, 3.05) is 0 Å². The monoisotopic (exact) mass is 393 g/mol. The number of carbonyl (C=O) groups is 1. The van der Waals surface area contributed by atoms with Crippen molar-refractivity contribution in [3.8, 4) is 11.3 Å². The molecule has 28 heavy (non-hydrogen) atoms. The summed E-state index contributed by atoms with van der Waals surface area (Å²) in [6.45, 7) is 4.35. The van der Waals surface area contributed by atoms with E-state index >= 15 is 0 Å². The van der Waals surface area contributed by atoms with Gasteiger partial charge in [0.2, 0.25) is 0 Å². The molecule has 0 spiro atoms. The lowest BCUT2D eigenvalue weighted by atomic mass is 10.0. The lowest BCUT2D eigenvalue weighted by molar-refractivity contribution is -0.136. The molecule has 5 nitrogen and oxygen atoms in total. The number of nitrogens with zero attached hydrogens (tertiary/aromatic N) is 2. The number of aromatic amines is 1. The minimum atomic E-state index is -0.845. The average Bonchev–Trinajstić information content (AvgIpc) is 3.18. The van der Waals surface area contributed by atoms with Crippen molar-refractivity contribution in [1.82, 2.24) is 14.8 Å². The lowest BCUT2D eigenvalue weighted by Crippen LogP contribution is -2.07. The van der Waals surface area contributed by atoms with E-state index in [1.54, 1.807) is 0 Å². The summed E-state index contributed by atoms with van der Waals surface area (Å²) < 4.78 is 1.88. The molecule has 2 heterocycles. The Balaban J connectivity index is 1.73. The summed E-state index contributed by atoms with van der Waals surface area (Å²) in [5.74, 6) is -0.845. The second-order valence-corrected chi connectivity index (χ2v) is 7.39. The van der Waals surface area contributed by atoms with Crippen molar-refractivity contribution >= 4 is 28.5 Å². The van der Waals surface area contributed by atoms with Crippen molar-refractivity contribution in [2.24, 2.45) is 0 Å². The van der Waals surface area contributed by atoms with Gasteiger partial charge in [0.1, 0.15) is 0 Å². The van der Waals surface area contributed by atoms with Crippen LogP contribution in [0.25, 0.3) is 22.2 Å². The maximum Gasteiger partial charge on any atom is 0.307 e. The van der Waals surface area contributed by atoms with Crippen LogP contribution in [0.15, 0.2) is 48.5 Å². The molecule has 0 fully saturated rings. The van der Waals surface area contributed by atoms with Crippen LogP contribution in [0.5, 0.6) is 0 Å². The third kappa shape index (κ3) is 3.41. The number of rotatable bonds is 5. The first kappa shape index (κ1) is 18.3. The molecule has 4 aromatic rings. The molecule has 142 valence electrons. The Morgan fingerprint density at radius 3 is 2.75 bits per heavy atom. The van der Waals surface area contributed by atoms with Crippen LogP contribution in [-0.2, 0) is 17.8 Å². The number of carboxylic acid groups (broad SMARTS) is 1. The number of fused-ring (bicyclic) bond motifs is 1. The fourth-order valence-corrected chi connectivity index (χ4v) is 3.79. The molecule has 4 rings (SSSR count). The summed E-state index contributed by atoms with van der Waals surface area (Å²) in [4.78, 5) is 14.6. The summed E-state index contributed by atoms with van der Waals surface area (Å²) in [6.07, 6.45) is -0.0118. The van der Waals surface area contributed by atoms with E-state index in [1.807, 2.05) is 48.9 Å². The topological polar surface area (TPSA) is 70.9 Å². The summed E-state index contributed by atoms with van der Waals surface area (Å²) in [6, 6.07) is 16.1. The molecule has 2 aromatic carbocycles. The second kappa shape index (κ2) is 7.17. The number of carboxylic acids is 1. The second-order valence-electron chi connectivity index (χ2n) is 6.95. The van der Waals surface area contributed by atoms with Gasteiger partial charge in [-0.15, -0.1) is 0 Å². The molecule has 0 bridgehead atoms. The van der Waals surface area contributed by atoms with Gasteiger partial charge in [-0.3, -0.25) is 9.48 Å². The highest BCUT2D eigenvalue weighted by Crippen LogP contribution is 2.29. The SMILES string of the molecule is Cc1nn(Cc2ccccc2-c2cc3ccc(Cl)cc3[nH]2)c(C)c1CC(=O)O. The minimum absolute atomic E-state index is 0.0118. The van der Waals surface area contributed by atoms with E-state index in [0.29, 0.717) is 11.6 Å². The predicted molar refractivity (Wildman–Crippen MR) is 111 cm³/mol. The van der Waals surface area contributed by atoms with E-state index in [2.05, 4.69) is 28.3 Å². The first-order valence-electron chi connectivity index (χ1n) is 9.03. The largest absolute Gasteiger partial charge is 0.481 e. The Kier molecular flexibility index (Phi) is 4.69. The van der Waals surface area contributed by atoms with Crippen molar-refractivity contribution in [3.63, 3.8) is 0 Å². The Labute approximate surface area is 167 Å². The first-order chi connectivity index (χ1) is 13.4. The number of nitrogens with one attached hydrogen (secondary N) is 1. The molecule has 0 amide bonds. The molecule has 0 aliphatic carbocycles. The summed E-state index contributed by atoms with van der Waals surface area (Å²) in [5.41, 5.74) is 6.63. The number of H-pyrrole nitrogens is 1. The fourth-order valence-electron chi connectivity index (χ4n) is 3.62. The standard InChI is InChI=1S/C22H20ClN3O2/c1-13-19(11-22(27)28)14(2)26(25-13)12-16-5-3-4-6-18(16)21-9-15-7-8-17(23)10-20(15)24-21/h3-10,24H,11-12H2,1-2H3,(H,27,28). The van der Waals surface area contributed by atoms with Gasteiger partial charge in [-0.05, 0) is 37.6 Å². The zero-order chi connectivity index (χ0) is 19.8. The van der Waals surface area contributed by atoms with Gasteiger partial charge in [-0.1, -0.05) is 41.9 Å². The number of aryl methyl sites for hydroxylation is 1. The van der Waals surface area contributed by atoms with Crippen LogP contribution < -0.4 is 0 Å². The molecular weight excluding hydrogens is 374 g/mol. The van der Waals surface area contributed by atoms with E-state index in [1.165, 1.54) is 0 Å². The van der Waals surface area contributed by atoms with E-state index < -0.39 is 5.97 Å². The van der Waals surface area contributed by atoms with E-state index in [9.17, 15) is 4.79 Å². The number of hydrogen-bond acceptors (Lipinski definition) is 2. The molecule has 0 saturated heterocycles. The molecule has 0 atom stereocenters. The van der Waals surface area contributed by atoms with E-state index in [-0.39, 0.29) is 6.42 Å². The predicted octanol–water partition coefficient (Wildman–Crippen LogP) is 4.98. The Hall–Kier alpha value is -3.05. The molecule has 2 aromatic heterocycles. The fraction of sp³-hybridized carbons (Fsp3) is 0.182. The van der Waals surface area contributed by atoms with Crippen LogP contribution in [-0.4, -0.2) is 25.8 Å². The van der Waals surface area contributed by atoms with Gasteiger partial charge >= 0.3 is 5.97 Å². The Morgan fingerprint density at radius 2 is 1.96 bits per heavy atom. The quantitative estimate of drug-likeness (QED) is 0.502. The number of halogens is 1. The minimum Gasteiger partial charge on any atom is -0.481 e. The van der Waals surface area contributed by atoms with Gasteiger partial charge in [0.05, 0.1) is 18.7 Å². The van der Waals surface area contributed by atoms with Gasteiger partial charge in [0, 0.05) is 38.4 Å². The van der Waals surface area contributed by atoms with Crippen molar-refractivity contribution in [2.45, 2.75) is 26.8 Å². The zero-order valence-corrected chi connectivity index (χ0v) is 16.4. The highest BCUT2D eigenvalue weighted by atomic mass is 35.5. The molecule has 0 radical (unpaired) electrons. The number of aliphatic carboxylic acids is 1. The number of hydrogen-bond donors (Lipinski definition) is 2. The highest BCUT2D eigenvalue weighted by Gasteiger charge is 2.16. The van der Waals surface area contributed by atoms with Gasteiger partial charge in [-0.2, -0.15) is 5.10 Å². The number of aromatic nitrogens is 3. The molecule has 0 aliphatic rings. The lowest BCUT2D eigenvalue weighted by Gasteiger charge is -2.10. The maximum atomic E-state index is 11.1. The van der Waals surface area contributed by atoms with Gasteiger partial charge in [0.25, 0.3) is 0 Å². The Morgan fingerprint density at radius 1 is 1.18 bits per heavy atom. The van der Waals surface area contributed by atoms with Crippen LogP contribution in [0.3, 0.4) is 0 Å². The van der Waals surface area contributed by atoms with Crippen LogP contribution in [0.4, 0.5) is 0 Å². The van der Waals surface area contributed by atoms with Crippen LogP contribution in [0.2, 0.25) is 5.02 Å². The molecule has 2 N–H and O–H groups in total. The van der Waals surface area contributed by atoms with Gasteiger partial charge in [-0.25, -0.2) is 0 Å².